The second-order valence-corrected chi connectivity index (χ2v) is 9.72. The van der Waals surface area contributed by atoms with Crippen LogP contribution in [0.5, 0.6) is 0 Å². The number of aromatic nitrogens is 1. The number of amides is 2. The van der Waals surface area contributed by atoms with Gasteiger partial charge in [-0.25, -0.2) is 4.79 Å². The number of carbonyl (C=O) groups excluding carboxylic acids is 1. The second kappa shape index (κ2) is 8.14. The molecule has 6 nitrogen and oxygen atoms in total. The van der Waals surface area contributed by atoms with Gasteiger partial charge in [-0.15, -0.1) is 0 Å². The van der Waals surface area contributed by atoms with Gasteiger partial charge < -0.3 is 20.1 Å². The van der Waals surface area contributed by atoms with Crippen LogP contribution in [-0.2, 0) is 6.42 Å². The van der Waals surface area contributed by atoms with Crippen LogP contribution in [0.2, 0.25) is 0 Å². The fourth-order valence-electron chi connectivity index (χ4n) is 5.77. The zero-order chi connectivity index (χ0) is 20.7. The summed E-state index contributed by atoms with van der Waals surface area (Å²) in [6, 6.07) is 7.69. The number of carbonyl (C=O) groups is 1. The summed E-state index contributed by atoms with van der Waals surface area (Å²) in [5, 5.41) is 4.60. The van der Waals surface area contributed by atoms with Crippen molar-refractivity contribution in [1.29, 1.82) is 0 Å². The Morgan fingerprint density at radius 3 is 2.83 bits per heavy atom. The molecule has 0 unspecified atom stereocenters. The SMILES string of the molecule is CN(C)C(=O)NC1CCC(CCN2CCN3c4cccc5[nH]cc(c45)C[C@@H]3C2)CC1. The molecular formula is C24H35N5O. The largest absolute Gasteiger partial charge is 0.365 e. The first kappa shape index (κ1) is 19.7. The van der Waals surface area contributed by atoms with Gasteiger partial charge in [-0.05, 0) is 68.7 Å². The summed E-state index contributed by atoms with van der Waals surface area (Å²) in [6.07, 6.45) is 9.42. The molecule has 6 heteroatoms. The van der Waals surface area contributed by atoms with Crippen LogP contribution in [0.3, 0.4) is 0 Å². The number of hydrogen-bond acceptors (Lipinski definition) is 3. The lowest BCUT2D eigenvalue weighted by Crippen LogP contribution is -2.55. The first-order valence-corrected chi connectivity index (χ1v) is 11.6. The van der Waals surface area contributed by atoms with Gasteiger partial charge in [-0.3, -0.25) is 4.90 Å². The minimum Gasteiger partial charge on any atom is -0.365 e. The number of aromatic amines is 1. The van der Waals surface area contributed by atoms with Gasteiger partial charge in [0.25, 0.3) is 0 Å². The van der Waals surface area contributed by atoms with E-state index >= 15 is 0 Å². The molecule has 1 saturated carbocycles. The Balaban J connectivity index is 1.11. The van der Waals surface area contributed by atoms with Crippen LogP contribution in [0, 0.1) is 5.92 Å². The molecule has 3 heterocycles. The highest BCUT2D eigenvalue weighted by atomic mass is 16.2. The van der Waals surface area contributed by atoms with Crippen LogP contribution in [0.1, 0.15) is 37.7 Å². The maximum Gasteiger partial charge on any atom is 0.317 e. The predicted octanol–water partition coefficient (Wildman–Crippen LogP) is 3.43. The number of piperazine rings is 1. The zero-order valence-corrected chi connectivity index (χ0v) is 18.4. The Kier molecular flexibility index (Phi) is 5.35. The van der Waals surface area contributed by atoms with Crippen LogP contribution < -0.4 is 10.2 Å². The Bertz CT molecular complexity index is 898. The summed E-state index contributed by atoms with van der Waals surface area (Å²) in [4.78, 5) is 22.3. The first-order chi connectivity index (χ1) is 14.6. The molecule has 0 bridgehead atoms. The first-order valence-electron chi connectivity index (χ1n) is 11.6. The Labute approximate surface area is 179 Å². The third-order valence-corrected chi connectivity index (χ3v) is 7.53. The Morgan fingerprint density at radius 1 is 1.20 bits per heavy atom. The highest BCUT2D eigenvalue weighted by Crippen LogP contribution is 2.38. The molecule has 1 aromatic heterocycles. The normalized spacial score (nSPS) is 26.5. The number of nitrogens with zero attached hydrogens (tertiary/aromatic N) is 3. The van der Waals surface area contributed by atoms with Gasteiger partial charge in [-0.2, -0.15) is 0 Å². The van der Waals surface area contributed by atoms with E-state index in [1.165, 1.54) is 61.1 Å². The summed E-state index contributed by atoms with van der Waals surface area (Å²) >= 11 is 0. The topological polar surface area (TPSA) is 54.6 Å². The van der Waals surface area contributed by atoms with Gasteiger partial charge in [0.2, 0.25) is 0 Å². The van der Waals surface area contributed by atoms with Crippen LogP contribution in [0.4, 0.5) is 10.5 Å². The van der Waals surface area contributed by atoms with Crippen molar-refractivity contribution in [2.24, 2.45) is 5.92 Å². The molecule has 30 heavy (non-hydrogen) atoms. The predicted molar refractivity (Wildman–Crippen MR) is 122 cm³/mol. The highest BCUT2D eigenvalue weighted by Gasteiger charge is 2.33. The molecule has 2 aromatic rings. The summed E-state index contributed by atoms with van der Waals surface area (Å²) in [5.41, 5.74) is 4.19. The van der Waals surface area contributed by atoms with Crippen molar-refractivity contribution < 1.29 is 4.79 Å². The van der Waals surface area contributed by atoms with E-state index in [1.54, 1.807) is 4.90 Å². The monoisotopic (exact) mass is 409 g/mol. The van der Waals surface area contributed by atoms with Crippen LogP contribution in [0.15, 0.2) is 24.4 Å². The number of urea groups is 1. The van der Waals surface area contributed by atoms with Crippen molar-refractivity contribution in [3.8, 4) is 0 Å². The Morgan fingerprint density at radius 2 is 2.03 bits per heavy atom. The van der Waals surface area contributed by atoms with Gasteiger partial charge in [0, 0.05) is 68.6 Å². The standard InChI is InChI=1S/C24H35N5O/c1-27(2)24(30)26-19-8-6-17(7-9-19)10-11-28-12-13-29-20(16-28)14-18-15-25-21-4-3-5-22(29)23(18)21/h3-5,15,17,19-20,25H,6-14,16H2,1-2H3,(H,26,30)/t17?,19?,20-/m1/s1. The summed E-state index contributed by atoms with van der Waals surface area (Å²) in [6.45, 7) is 4.70. The minimum atomic E-state index is 0.0464. The highest BCUT2D eigenvalue weighted by molar-refractivity contribution is 5.96. The molecule has 3 aliphatic rings. The van der Waals surface area contributed by atoms with E-state index in [0.717, 1.165) is 31.7 Å². The lowest BCUT2D eigenvalue weighted by Gasteiger charge is -2.45. The van der Waals surface area contributed by atoms with E-state index in [2.05, 4.69) is 44.5 Å². The lowest BCUT2D eigenvalue weighted by molar-refractivity contribution is 0.184. The van der Waals surface area contributed by atoms with Crippen LogP contribution in [-0.4, -0.2) is 73.2 Å². The maximum absolute atomic E-state index is 11.9. The molecule has 1 saturated heterocycles. The number of anilines is 1. The van der Waals surface area contributed by atoms with Crippen LogP contribution >= 0.6 is 0 Å². The van der Waals surface area contributed by atoms with Gasteiger partial charge >= 0.3 is 6.03 Å². The fourth-order valence-corrected chi connectivity index (χ4v) is 5.77. The molecule has 2 aliphatic heterocycles. The Hall–Kier alpha value is -2.21. The molecule has 0 spiro atoms. The van der Waals surface area contributed by atoms with Crippen molar-refractivity contribution in [1.82, 2.24) is 20.1 Å². The molecule has 1 aliphatic carbocycles. The van der Waals surface area contributed by atoms with Gasteiger partial charge in [0.1, 0.15) is 0 Å². The molecule has 2 amide bonds. The van der Waals surface area contributed by atoms with E-state index < -0.39 is 0 Å². The third kappa shape index (κ3) is 3.78. The van der Waals surface area contributed by atoms with E-state index in [0.29, 0.717) is 12.1 Å². The fraction of sp³-hybridized carbons (Fsp3) is 0.625. The summed E-state index contributed by atoms with van der Waals surface area (Å²) in [5.74, 6) is 0.812. The van der Waals surface area contributed by atoms with Gasteiger partial charge in [0.05, 0.1) is 0 Å². The number of hydrogen-bond donors (Lipinski definition) is 2. The lowest BCUT2D eigenvalue weighted by atomic mass is 9.84. The van der Waals surface area contributed by atoms with E-state index in [1.807, 2.05) is 14.1 Å². The average Bonchev–Trinajstić information content (AvgIpc) is 3.17. The molecule has 0 radical (unpaired) electrons. The zero-order valence-electron chi connectivity index (χ0n) is 18.4. The van der Waals surface area contributed by atoms with Crippen molar-refractivity contribution in [2.45, 2.75) is 50.6 Å². The number of H-pyrrole nitrogens is 1. The van der Waals surface area contributed by atoms with E-state index in [-0.39, 0.29) is 6.03 Å². The van der Waals surface area contributed by atoms with Gasteiger partial charge in [0.15, 0.2) is 0 Å². The molecule has 2 fully saturated rings. The molecule has 1 atom stereocenters. The van der Waals surface area contributed by atoms with Crippen molar-refractivity contribution >= 4 is 22.6 Å². The number of nitrogens with one attached hydrogen (secondary N) is 2. The quantitative estimate of drug-likeness (QED) is 0.813. The minimum absolute atomic E-state index is 0.0464. The smallest absolute Gasteiger partial charge is 0.317 e. The number of rotatable bonds is 4. The summed E-state index contributed by atoms with van der Waals surface area (Å²) < 4.78 is 0. The van der Waals surface area contributed by atoms with Gasteiger partial charge in [-0.1, -0.05) is 6.07 Å². The van der Waals surface area contributed by atoms with Crippen molar-refractivity contribution in [2.75, 3.05) is 45.2 Å². The van der Waals surface area contributed by atoms with Crippen LogP contribution in [0.25, 0.3) is 10.9 Å². The number of benzene rings is 1. The molecule has 5 rings (SSSR count). The molecular weight excluding hydrogens is 374 g/mol. The molecule has 162 valence electrons. The van der Waals surface area contributed by atoms with E-state index in [9.17, 15) is 4.79 Å². The van der Waals surface area contributed by atoms with Crippen molar-refractivity contribution in [3.05, 3.63) is 30.0 Å². The van der Waals surface area contributed by atoms with E-state index in [4.69, 9.17) is 0 Å². The maximum atomic E-state index is 11.9. The molecule has 1 aromatic carbocycles. The third-order valence-electron chi connectivity index (χ3n) is 7.53. The summed E-state index contributed by atoms with van der Waals surface area (Å²) in [7, 11) is 3.62. The van der Waals surface area contributed by atoms with Crippen molar-refractivity contribution in [3.63, 3.8) is 0 Å². The molecule has 2 N–H and O–H groups in total. The second-order valence-electron chi connectivity index (χ2n) is 9.72. The number of fused-ring (bicyclic) bond motifs is 2. The average molecular weight is 410 g/mol.